The van der Waals surface area contributed by atoms with Crippen LogP contribution in [0.3, 0.4) is 0 Å². The number of aliphatic hydroxyl groups excluding tert-OH is 2. The Morgan fingerprint density at radius 3 is 1.31 bits per heavy atom. The van der Waals surface area contributed by atoms with Gasteiger partial charge in [0.15, 0.2) is 6.10 Å². The molecule has 26 nitrogen and oxygen atoms in total. The Balaban J connectivity index is 2.32. The molecular weight excluding hydrogens is 1210 g/mol. The lowest BCUT2D eigenvalue weighted by atomic mass is 9.91. The van der Waals surface area contributed by atoms with Crippen molar-refractivity contribution in [1.29, 1.82) is 0 Å². The van der Waals surface area contributed by atoms with Crippen molar-refractivity contribution in [3.63, 3.8) is 0 Å². The normalized spacial score (nSPS) is 28.9. The average Bonchev–Trinajstić information content (AvgIpc) is 1.00. The van der Waals surface area contributed by atoms with Crippen LogP contribution in [0, 0.1) is 47.3 Å². The number of nitrogens with zero attached hydrogens (tertiary/aromatic N) is 7. The number of fused-ring (bicyclic) bond motifs is 2. The number of ether oxygens (including phenoxy) is 2. The number of carbonyl (C=O) groups is 11. The Bertz CT molecular complexity index is 2570. The minimum Gasteiger partial charge on any atom is -0.450 e. The van der Waals surface area contributed by atoms with Gasteiger partial charge in [0, 0.05) is 55.4 Å². The van der Waals surface area contributed by atoms with Gasteiger partial charge in [-0.05, 0) is 119 Å². The van der Waals surface area contributed by atoms with Gasteiger partial charge in [-0.15, -0.1) is 0 Å². The molecule has 26 heteroatoms. The van der Waals surface area contributed by atoms with Gasteiger partial charge >= 0.3 is 5.97 Å². The predicted molar refractivity (Wildman–Crippen MR) is 356 cm³/mol. The molecule has 0 aromatic carbocycles. The van der Waals surface area contributed by atoms with E-state index in [9.17, 15) is 48.6 Å². The van der Waals surface area contributed by atoms with Crippen LogP contribution >= 0.6 is 0 Å². The van der Waals surface area contributed by atoms with E-state index in [1.54, 1.807) is 34.6 Å². The Morgan fingerprint density at radius 2 is 0.883 bits per heavy atom. The number of hydrogen-bond acceptors (Lipinski definition) is 16. The van der Waals surface area contributed by atoms with Crippen molar-refractivity contribution in [3.05, 3.63) is 0 Å². The summed E-state index contributed by atoms with van der Waals surface area (Å²) in [6, 6.07) is -12.3. The molecule has 10 amide bonds. The highest BCUT2D eigenvalue weighted by Crippen LogP contribution is 2.29. The molecule has 3 rings (SSSR count). The highest BCUT2D eigenvalue weighted by atomic mass is 16.6. The molecule has 3 fully saturated rings. The number of aliphatic hydroxyl groups is 2. The number of likely N-dealkylation sites (N-methyl/N-ethyl adjacent to an activating group) is 6. The first-order valence-electron chi connectivity index (χ1n) is 34.3. The zero-order chi connectivity index (χ0) is 71.8. The maximum atomic E-state index is 15.4. The molecule has 3 aliphatic heterocycles. The Morgan fingerprint density at radius 1 is 0.468 bits per heavy atom. The van der Waals surface area contributed by atoms with Crippen LogP contribution in [-0.2, 0) is 62.2 Å². The third kappa shape index (κ3) is 23.1. The standard InChI is InChI=1S/C68H121N11O15/c1-36(2)28-48-63(87)75(20)51(31-39(7)8)59(83)69-44(16)68(92)94-58(42(13)14)67(91)76(21)52(32-40(9)10)61(85)71-49(29-37(3)4)64(88)77(22)55(41(11)12)66(90)78(23)56(57(82)43(15)26-27-79-33-46-24-25-47(34-79)93-46)62(86)72-54(45(17)80)65(89)73(18)35-53(81)74(19)50(30-38(5)6)60(84)70-48/h36-52,54-58,80,82H,24-35H2,1-23H3,(H,69,83)(H,70,84)(H,71,85)(H,72,86)/t43-,44-,45-,46?,47?,48-,49-,50+,51-,52-,54-,55-,56-,57-,58+/m1/s1. The van der Waals surface area contributed by atoms with Gasteiger partial charge in [0.25, 0.3) is 5.91 Å². The zero-order valence-electron chi connectivity index (χ0n) is 61.0. The van der Waals surface area contributed by atoms with Gasteiger partial charge in [-0.2, -0.15) is 0 Å². The maximum absolute atomic E-state index is 15.4. The van der Waals surface area contributed by atoms with Crippen LogP contribution in [0.15, 0.2) is 0 Å². The molecule has 0 aromatic heterocycles. The molecular formula is C68H121N11O15. The third-order valence-electron chi connectivity index (χ3n) is 18.3. The molecule has 3 aliphatic rings. The Hall–Kier alpha value is -5.99. The number of cyclic esters (lactones) is 1. The summed E-state index contributed by atoms with van der Waals surface area (Å²) in [7, 11) is 8.20. The molecule has 3 heterocycles. The smallest absolute Gasteiger partial charge is 0.329 e. The van der Waals surface area contributed by atoms with Crippen LogP contribution in [-0.4, -0.2) is 263 Å². The van der Waals surface area contributed by atoms with E-state index in [2.05, 4.69) is 26.2 Å². The lowest BCUT2D eigenvalue weighted by Gasteiger charge is -2.40. The second kappa shape index (κ2) is 36.9. The highest BCUT2D eigenvalue weighted by Gasteiger charge is 2.46. The lowest BCUT2D eigenvalue weighted by Crippen LogP contribution is -2.64. The molecule has 0 spiro atoms. The third-order valence-corrected chi connectivity index (χ3v) is 18.3. The minimum atomic E-state index is -1.76. The molecule has 2 bridgehead atoms. The van der Waals surface area contributed by atoms with Gasteiger partial charge in [-0.1, -0.05) is 104 Å². The number of hydrogen-bond donors (Lipinski definition) is 6. The number of likely N-dealkylation sites (tertiary alicyclic amines) is 1. The molecule has 6 N–H and O–H groups in total. The summed E-state index contributed by atoms with van der Waals surface area (Å²) in [5.41, 5.74) is 0. The quantitative estimate of drug-likeness (QED) is 0.108. The fourth-order valence-electron chi connectivity index (χ4n) is 12.8. The van der Waals surface area contributed by atoms with Crippen molar-refractivity contribution in [3.8, 4) is 0 Å². The van der Waals surface area contributed by atoms with E-state index in [1.807, 2.05) is 69.2 Å². The molecule has 94 heavy (non-hydrogen) atoms. The predicted octanol–water partition coefficient (Wildman–Crippen LogP) is 2.64. The fourth-order valence-corrected chi connectivity index (χ4v) is 12.8. The van der Waals surface area contributed by atoms with Crippen molar-refractivity contribution >= 4 is 65.0 Å². The molecule has 0 saturated carbocycles. The van der Waals surface area contributed by atoms with E-state index in [-0.39, 0.29) is 73.9 Å². The molecule has 15 atom stereocenters. The second-order valence-corrected chi connectivity index (χ2v) is 30.0. The molecule has 538 valence electrons. The van der Waals surface area contributed by atoms with Crippen molar-refractivity contribution in [1.82, 2.24) is 55.6 Å². The summed E-state index contributed by atoms with van der Waals surface area (Å²) in [5, 5.41) is 34.9. The number of nitrogens with one attached hydrogen (secondary N) is 4. The van der Waals surface area contributed by atoms with Gasteiger partial charge in [0.2, 0.25) is 53.2 Å². The van der Waals surface area contributed by atoms with E-state index < -0.39 is 162 Å². The first kappa shape index (κ1) is 82.2. The van der Waals surface area contributed by atoms with Crippen LogP contribution < -0.4 is 21.3 Å². The van der Waals surface area contributed by atoms with Crippen molar-refractivity contribution in [2.75, 3.05) is 68.5 Å². The monoisotopic (exact) mass is 1330 g/mol. The maximum Gasteiger partial charge on any atom is 0.329 e. The van der Waals surface area contributed by atoms with Crippen molar-refractivity contribution in [2.24, 2.45) is 47.3 Å². The molecule has 2 unspecified atom stereocenters. The van der Waals surface area contributed by atoms with Crippen molar-refractivity contribution < 1.29 is 72.4 Å². The summed E-state index contributed by atoms with van der Waals surface area (Å²) in [6.45, 7) is 30.8. The van der Waals surface area contributed by atoms with Gasteiger partial charge in [-0.3, -0.25) is 52.8 Å². The molecule has 3 saturated heterocycles. The first-order valence-corrected chi connectivity index (χ1v) is 34.3. The van der Waals surface area contributed by atoms with Gasteiger partial charge in [0.05, 0.1) is 31.0 Å². The van der Waals surface area contributed by atoms with E-state index in [0.29, 0.717) is 26.1 Å². The van der Waals surface area contributed by atoms with Crippen LogP contribution in [0.2, 0.25) is 0 Å². The summed E-state index contributed by atoms with van der Waals surface area (Å²) >= 11 is 0. The Kier molecular flexibility index (Phi) is 32.3. The van der Waals surface area contributed by atoms with Gasteiger partial charge in [0.1, 0.15) is 54.4 Å². The average molecular weight is 1330 g/mol. The van der Waals surface area contributed by atoms with Gasteiger partial charge < -0.3 is 70.4 Å². The summed E-state index contributed by atoms with van der Waals surface area (Å²) in [6.07, 6.45) is -1.75. The van der Waals surface area contributed by atoms with E-state index >= 15 is 14.4 Å². The second-order valence-electron chi connectivity index (χ2n) is 30.0. The first-order chi connectivity index (χ1) is 43.5. The SMILES string of the molecule is CC(C)C[C@@H]1C(=O)N[C@H](CC(C)C)C(=O)N(C)[C@H](C(C)C)C(=O)N(C)[C@H]([C@H](O)[C@H](C)CCN2CC3CCC(C2)O3)C(=O)N[C@H]([C@@H](C)O)C(=O)N(C)CC(=O)N(C)[C@@H](CC(C)C)C(=O)N[C@H](CC(C)C)C(=O)N(C)[C@H](CC(C)C)C(=O)N[C@H](C)C(=O)O[C@@H](C(C)C)C(=O)N1C. The molecule has 0 radical (unpaired) electrons. The summed E-state index contributed by atoms with van der Waals surface area (Å²) < 4.78 is 12.0. The number of morpholine rings is 1. The Labute approximate surface area is 560 Å². The van der Waals surface area contributed by atoms with Crippen LogP contribution in [0.1, 0.15) is 169 Å². The number of esters is 1. The summed E-state index contributed by atoms with van der Waals surface area (Å²) in [5.74, 6) is -11.5. The van der Waals surface area contributed by atoms with E-state index in [4.69, 9.17) is 9.47 Å². The van der Waals surface area contributed by atoms with Crippen LogP contribution in [0.4, 0.5) is 0 Å². The topological polar surface area (TPSA) is 317 Å². The van der Waals surface area contributed by atoms with Crippen LogP contribution in [0.25, 0.3) is 0 Å². The highest BCUT2D eigenvalue weighted by molar-refractivity contribution is 5.99. The number of amides is 10. The summed E-state index contributed by atoms with van der Waals surface area (Å²) in [4.78, 5) is 171. The number of carbonyl (C=O) groups excluding carboxylic acids is 11. The van der Waals surface area contributed by atoms with Gasteiger partial charge in [-0.25, -0.2) is 4.79 Å². The minimum absolute atomic E-state index is 0.0800. The fraction of sp³-hybridized carbons (Fsp3) is 0.838. The van der Waals surface area contributed by atoms with E-state index in [1.165, 1.54) is 70.8 Å². The van der Waals surface area contributed by atoms with Crippen LogP contribution in [0.5, 0.6) is 0 Å². The molecule has 0 aliphatic carbocycles. The lowest BCUT2D eigenvalue weighted by molar-refractivity contribution is -0.166. The van der Waals surface area contributed by atoms with E-state index in [0.717, 1.165) is 27.5 Å². The molecule has 0 aromatic rings. The van der Waals surface area contributed by atoms with Crippen molar-refractivity contribution in [2.45, 2.75) is 254 Å². The number of rotatable bonds is 18. The largest absolute Gasteiger partial charge is 0.450 e. The zero-order valence-corrected chi connectivity index (χ0v) is 61.0.